The quantitative estimate of drug-likeness (QED) is 0.921. The number of fused-ring (bicyclic) bond motifs is 2. The van der Waals surface area contributed by atoms with Gasteiger partial charge in [-0.05, 0) is 50.3 Å². The van der Waals surface area contributed by atoms with Crippen molar-refractivity contribution in [1.82, 2.24) is 4.90 Å². The zero-order valence-electron chi connectivity index (χ0n) is 11.7. The Labute approximate surface area is 118 Å². The Morgan fingerprint density at radius 1 is 1.25 bits per heavy atom. The molecule has 0 saturated carbocycles. The molecule has 20 heavy (non-hydrogen) atoms. The van der Waals surface area contributed by atoms with Crippen molar-refractivity contribution in [2.75, 3.05) is 7.05 Å². The molecule has 110 valence electrons. The number of nitrogens with zero attached hydrogens (tertiary/aromatic N) is 1. The molecular formula is C16H21F2NO. The van der Waals surface area contributed by atoms with Crippen molar-refractivity contribution in [3.63, 3.8) is 0 Å². The number of rotatable bonds is 3. The molecule has 3 atom stereocenters. The molecule has 2 aliphatic heterocycles. The summed E-state index contributed by atoms with van der Waals surface area (Å²) in [5, 5.41) is 10.4. The number of hydrogen-bond donors (Lipinski definition) is 1. The van der Waals surface area contributed by atoms with Gasteiger partial charge in [0, 0.05) is 18.5 Å². The van der Waals surface area contributed by atoms with E-state index < -0.39 is 17.7 Å². The molecule has 3 unspecified atom stereocenters. The first kappa shape index (κ1) is 14.0. The number of benzene rings is 1. The second kappa shape index (κ2) is 5.41. The summed E-state index contributed by atoms with van der Waals surface area (Å²) in [6.07, 6.45) is 3.94. The molecule has 2 fully saturated rings. The predicted molar refractivity (Wildman–Crippen MR) is 73.4 cm³/mol. The molecule has 2 aliphatic rings. The number of aliphatic hydroxyl groups excluding tert-OH is 1. The topological polar surface area (TPSA) is 23.5 Å². The predicted octanol–water partition coefficient (Wildman–Crippen LogP) is 2.74. The fraction of sp³-hybridized carbons (Fsp3) is 0.625. The first-order valence-electron chi connectivity index (χ1n) is 7.39. The fourth-order valence-electron chi connectivity index (χ4n) is 3.87. The maximum absolute atomic E-state index is 13.7. The van der Waals surface area contributed by atoms with E-state index in [1.807, 2.05) is 0 Å². The molecule has 4 heteroatoms. The zero-order valence-corrected chi connectivity index (χ0v) is 11.7. The molecule has 1 N–H and O–H groups in total. The molecule has 2 saturated heterocycles. The van der Waals surface area contributed by atoms with Crippen LogP contribution in [0.2, 0.25) is 0 Å². The summed E-state index contributed by atoms with van der Waals surface area (Å²) in [4.78, 5) is 2.41. The van der Waals surface area contributed by atoms with E-state index in [1.54, 1.807) is 6.07 Å². The molecule has 0 aliphatic carbocycles. The third-order valence-electron chi connectivity index (χ3n) is 5.14. The van der Waals surface area contributed by atoms with Gasteiger partial charge in [-0.1, -0.05) is 12.1 Å². The smallest absolute Gasteiger partial charge is 0.162 e. The van der Waals surface area contributed by atoms with Crippen molar-refractivity contribution in [2.45, 2.75) is 50.3 Å². The third-order valence-corrected chi connectivity index (χ3v) is 5.14. The molecule has 2 heterocycles. The van der Waals surface area contributed by atoms with E-state index in [0.29, 0.717) is 12.1 Å². The Hall–Kier alpha value is -1.00. The molecule has 2 bridgehead atoms. The highest BCUT2D eigenvalue weighted by molar-refractivity contribution is 5.20. The van der Waals surface area contributed by atoms with Crippen LogP contribution in [0, 0.1) is 17.6 Å². The van der Waals surface area contributed by atoms with Gasteiger partial charge in [0.2, 0.25) is 0 Å². The Morgan fingerprint density at radius 2 is 1.90 bits per heavy atom. The van der Waals surface area contributed by atoms with Crippen molar-refractivity contribution < 1.29 is 13.9 Å². The van der Waals surface area contributed by atoms with Crippen LogP contribution in [0.3, 0.4) is 0 Å². The average molecular weight is 281 g/mol. The van der Waals surface area contributed by atoms with Gasteiger partial charge >= 0.3 is 0 Å². The molecule has 1 aromatic rings. The lowest BCUT2D eigenvalue weighted by atomic mass is 9.84. The van der Waals surface area contributed by atoms with Gasteiger partial charge in [-0.25, -0.2) is 8.78 Å². The second-order valence-electron chi connectivity index (χ2n) is 6.27. The van der Waals surface area contributed by atoms with E-state index in [2.05, 4.69) is 11.9 Å². The molecule has 0 amide bonds. The molecule has 3 rings (SSSR count). The van der Waals surface area contributed by atoms with E-state index in [1.165, 1.54) is 18.9 Å². The normalized spacial score (nSPS) is 31.5. The SMILES string of the molecule is CN1C2CCC1CC(C(O)Cc1cccc(F)c1F)C2. The third kappa shape index (κ3) is 2.47. The van der Waals surface area contributed by atoms with Crippen LogP contribution in [0.5, 0.6) is 0 Å². The van der Waals surface area contributed by atoms with Gasteiger partial charge in [0.05, 0.1) is 6.10 Å². The summed E-state index contributed by atoms with van der Waals surface area (Å²) in [6, 6.07) is 5.27. The molecule has 0 radical (unpaired) electrons. The summed E-state index contributed by atoms with van der Waals surface area (Å²) in [5.74, 6) is -1.45. The lowest BCUT2D eigenvalue weighted by Gasteiger charge is -2.38. The summed E-state index contributed by atoms with van der Waals surface area (Å²) in [5.41, 5.74) is 0.281. The van der Waals surface area contributed by atoms with Gasteiger partial charge in [-0.15, -0.1) is 0 Å². The van der Waals surface area contributed by atoms with E-state index in [4.69, 9.17) is 0 Å². The van der Waals surface area contributed by atoms with Crippen molar-refractivity contribution in [2.24, 2.45) is 5.92 Å². The first-order chi connectivity index (χ1) is 9.56. The van der Waals surface area contributed by atoms with Gasteiger partial charge < -0.3 is 10.0 Å². The van der Waals surface area contributed by atoms with Crippen LogP contribution in [-0.2, 0) is 6.42 Å². The van der Waals surface area contributed by atoms with Crippen molar-refractivity contribution in [1.29, 1.82) is 0 Å². The lowest BCUT2D eigenvalue weighted by molar-refractivity contribution is 0.0363. The Bertz CT molecular complexity index is 479. The zero-order chi connectivity index (χ0) is 14.3. The van der Waals surface area contributed by atoms with Crippen LogP contribution < -0.4 is 0 Å². The molecule has 0 spiro atoms. The van der Waals surface area contributed by atoms with Crippen LogP contribution >= 0.6 is 0 Å². The monoisotopic (exact) mass is 281 g/mol. The minimum atomic E-state index is -0.835. The minimum absolute atomic E-state index is 0.200. The molecule has 2 nitrogen and oxygen atoms in total. The van der Waals surface area contributed by atoms with E-state index in [9.17, 15) is 13.9 Å². The summed E-state index contributed by atoms with van der Waals surface area (Å²) < 4.78 is 26.9. The second-order valence-corrected chi connectivity index (χ2v) is 6.27. The highest BCUT2D eigenvalue weighted by Gasteiger charge is 2.40. The highest BCUT2D eigenvalue weighted by atomic mass is 19.2. The van der Waals surface area contributed by atoms with Gasteiger partial charge in [0.25, 0.3) is 0 Å². The molecule has 1 aromatic carbocycles. The largest absolute Gasteiger partial charge is 0.392 e. The van der Waals surface area contributed by atoms with E-state index in [-0.39, 0.29) is 17.9 Å². The first-order valence-corrected chi connectivity index (χ1v) is 7.39. The number of hydrogen-bond acceptors (Lipinski definition) is 2. The number of aliphatic hydroxyl groups is 1. The maximum Gasteiger partial charge on any atom is 0.162 e. The van der Waals surface area contributed by atoms with E-state index >= 15 is 0 Å². The summed E-state index contributed by atoms with van der Waals surface area (Å²) in [6.45, 7) is 0. The van der Waals surface area contributed by atoms with Crippen LogP contribution in [0.4, 0.5) is 8.78 Å². The van der Waals surface area contributed by atoms with Crippen LogP contribution in [0.15, 0.2) is 18.2 Å². The fourth-order valence-corrected chi connectivity index (χ4v) is 3.87. The Morgan fingerprint density at radius 3 is 2.55 bits per heavy atom. The minimum Gasteiger partial charge on any atom is -0.392 e. The summed E-state index contributed by atoms with van der Waals surface area (Å²) >= 11 is 0. The summed E-state index contributed by atoms with van der Waals surface area (Å²) in [7, 11) is 2.15. The molecular weight excluding hydrogens is 260 g/mol. The number of halogens is 2. The standard InChI is InChI=1S/C16H21F2NO/c1-19-12-5-6-13(19)8-11(7-12)15(20)9-10-3-2-4-14(17)16(10)18/h2-4,11-13,15,20H,5-9H2,1H3. The van der Waals surface area contributed by atoms with Gasteiger partial charge in [0.1, 0.15) is 0 Å². The van der Waals surface area contributed by atoms with Crippen LogP contribution in [-0.4, -0.2) is 35.2 Å². The lowest BCUT2D eigenvalue weighted by Crippen LogP contribution is -2.43. The van der Waals surface area contributed by atoms with Crippen LogP contribution in [0.1, 0.15) is 31.2 Å². The van der Waals surface area contributed by atoms with Gasteiger partial charge in [0.15, 0.2) is 11.6 Å². The van der Waals surface area contributed by atoms with Gasteiger partial charge in [-0.3, -0.25) is 0 Å². The van der Waals surface area contributed by atoms with Crippen molar-refractivity contribution >= 4 is 0 Å². The highest BCUT2D eigenvalue weighted by Crippen LogP contribution is 2.39. The van der Waals surface area contributed by atoms with Gasteiger partial charge in [-0.2, -0.15) is 0 Å². The average Bonchev–Trinajstić information content (AvgIpc) is 2.66. The van der Waals surface area contributed by atoms with Crippen LogP contribution in [0.25, 0.3) is 0 Å². The van der Waals surface area contributed by atoms with E-state index in [0.717, 1.165) is 18.9 Å². The maximum atomic E-state index is 13.7. The number of piperidine rings is 1. The molecule has 0 aromatic heterocycles. The van der Waals surface area contributed by atoms with Crippen molar-refractivity contribution in [3.8, 4) is 0 Å². The Balaban J connectivity index is 1.68. The Kier molecular flexibility index (Phi) is 3.78. The van der Waals surface area contributed by atoms with Crippen molar-refractivity contribution in [3.05, 3.63) is 35.4 Å².